The second-order valence-corrected chi connectivity index (χ2v) is 10.3. The highest BCUT2D eigenvalue weighted by Gasteiger charge is 2.24. The second-order valence-electron chi connectivity index (χ2n) is 7.94. The van der Waals surface area contributed by atoms with Gasteiger partial charge < -0.3 is 9.64 Å². The van der Waals surface area contributed by atoms with Gasteiger partial charge >= 0.3 is 6.09 Å². The molecule has 1 atom stereocenters. The molecule has 154 valence electrons. The number of carbonyl (C=O) groups excluding carboxylic acids is 1. The molecule has 0 radical (unpaired) electrons. The van der Waals surface area contributed by atoms with Crippen LogP contribution in [0.5, 0.6) is 0 Å². The monoisotopic (exact) mass is 432 g/mol. The number of fused-ring (bicyclic) bond motifs is 1. The molecule has 1 heterocycles. The van der Waals surface area contributed by atoms with Crippen LogP contribution < -0.4 is 0 Å². The van der Waals surface area contributed by atoms with E-state index in [0.29, 0.717) is 24.5 Å². The van der Waals surface area contributed by atoms with Gasteiger partial charge in [-0.05, 0) is 61.6 Å². The molecule has 0 aliphatic carbocycles. The van der Waals surface area contributed by atoms with Crippen molar-refractivity contribution in [3.05, 3.63) is 69.7 Å². The Morgan fingerprint density at radius 2 is 2.00 bits per heavy atom. The number of ether oxygens (including phenoxy) is 1. The Balaban J connectivity index is 1.71. The molecule has 0 bridgehead atoms. The molecule has 7 heteroatoms. The lowest BCUT2D eigenvalue weighted by Crippen LogP contribution is -2.36. The van der Waals surface area contributed by atoms with E-state index in [2.05, 4.69) is 4.40 Å². The average Bonchev–Trinajstić information content (AvgIpc) is 2.69. The topological polar surface area (TPSA) is 59.0 Å². The van der Waals surface area contributed by atoms with Crippen LogP contribution in [0, 0.1) is 0 Å². The molecule has 2 aromatic rings. The maximum atomic E-state index is 12.5. The summed E-state index contributed by atoms with van der Waals surface area (Å²) >= 11 is 6.28. The summed E-state index contributed by atoms with van der Waals surface area (Å²) in [7, 11) is -1.34. The van der Waals surface area contributed by atoms with Gasteiger partial charge in [0.25, 0.3) is 0 Å². The molecule has 0 saturated carbocycles. The summed E-state index contributed by atoms with van der Waals surface area (Å²) in [5.41, 5.74) is 3.84. The van der Waals surface area contributed by atoms with Crippen molar-refractivity contribution in [1.29, 1.82) is 0 Å². The number of hydrogen-bond acceptors (Lipinski definition) is 3. The minimum atomic E-state index is -1.34. The Morgan fingerprint density at radius 1 is 1.28 bits per heavy atom. The van der Waals surface area contributed by atoms with Gasteiger partial charge in [0.2, 0.25) is 0 Å². The van der Waals surface area contributed by atoms with Gasteiger partial charge in [-0.1, -0.05) is 41.9 Å². The molecule has 0 fully saturated rings. The Morgan fingerprint density at radius 3 is 2.69 bits per heavy atom. The van der Waals surface area contributed by atoms with E-state index in [0.717, 1.165) is 22.3 Å². The van der Waals surface area contributed by atoms with Crippen LogP contribution in [0.15, 0.2) is 46.9 Å². The molecule has 0 saturated heterocycles. The molecule has 1 aliphatic rings. The molecule has 2 aromatic carbocycles. The summed E-state index contributed by atoms with van der Waals surface area (Å²) in [6, 6.07) is 13.3. The first-order chi connectivity index (χ1) is 13.7. The SMILES string of the molecule is CC(C)(C)S(=O)N=Cc1cc(Cl)cc2c1CCN(C(=O)OCc1ccccc1)C2. The van der Waals surface area contributed by atoms with E-state index < -0.39 is 15.7 Å². The highest BCUT2D eigenvalue weighted by atomic mass is 35.5. The second kappa shape index (κ2) is 9.09. The molecule has 1 aliphatic heterocycles. The van der Waals surface area contributed by atoms with Crippen LogP contribution in [0.1, 0.15) is 43.0 Å². The molecule has 1 amide bonds. The average molecular weight is 433 g/mol. The summed E-state index contributed by atoms with van der Waals surface area (Å²) in [6.07, 6.45) is 1.95. The van der Waals surface area contributed by atoms with Gasteiger partial charge in [-0.15, -0.1) is 0 Å². The van der Waals surface area contributed by atoms with Gasteiger partial charge in [-0.25, -0.2) is 9.00 Å². The third-order valence-electron chi connectivity index (χ3n) is 4.61. The standard InChI is InChI=1S/C22H25ClN2O3S/c1-22(2,3)29(27)24-13-17-11-19(23)12-18-14-25(10-9-20(17)18)21(26)28-15-16-7-5-4-6-8-16/h4-8,11-13H,9-10,14-15H2,1-3H3. The van der Waals surface area contributed by atoms with Crippen LogP contribution in [0.3, 0.4) is 0 Å². The number of halogens is 1. The third kappa shape index (κ3) is 5.67. The summed E-state index contributed by atoms with van der Waals surface area (Å²) in [5, 5.41) is 0.561. The Hall–Kier alpha value is -2.18. The lowest BCUT2D eigenvalue weighted by Gasteiger charge is -2.29. The summed E-state index contributed by atoms with van der Waals surface area (Å²) < 4.78 is 21.5. The fourth-order valence-corrected chi connectivity index (χ4v) is 3.81. The predicted octanol–water partition coefficient (Wildman–Crippen LogP) is 4.92. The maximum absolute atomic E-state index is 12.5. The fraction of sp³-hybridized carbons (Fsp3) is 0.364. The van der Waals surface area contributed by atoms with Crippen molar-refractivity contribution in [3.8, 4) is 0 Å². The number of rotatable bonds is 4. The highest BCUT2D eigenvalue weighted by Crippen LogP contribution is 2.27. The third-order valence-corrected chi connectivity index (χ3v) is 6.17. The number of nitrogens with zero attached hydrogens (tertiary/aromatic N) is 2. The molecule has 0 spiro atoms. The van der Waals surface area contributed by atoms with Crippen molar-refractivity contribution < 1.29 is 13.7 Å². The van der Waals surface area contributed by atoms with Crippen LogP contribution in [0.2, 0.25) is 5.02 Å². The van der Waals surface area contributed by atoms with E-state index in [-0.39, 0.29) is 12.7 Å². The van der Waals surface area contributed by atoms with E-state index in [1.54, 1.807) is 11.1 Å². The van der Waals surface area contributed by atoms with E-state index in [1.165, 1.54) is 0 Å². The number of amides is 1. The van der Waals surface area contributed by atoms with Crippen LogP contribution in [0.25, 0.3) is 0 Å². The van der Waals surface area contributed by atoms with Gasteiger partial charge in [-0.3, -0.25) is 0 Å². The molecular weight excluding hydrogens is 408 g/mol. The quantitative estimate of drug-likeness (QED) is 0.644. The molecular formula is C22H25ClN2O3S. The van der Waals surface area contributed by atoms with Crippen molar-refractivity contribution in [2.24, 2.45) is 4.40 Å². The van der Waals surface area contributed by atoms with Crippen LogP contribution in [0.4, 0.5) is 4.79 Å². The van der Waals surface area contributed by atoms with E-state index >= 15 is 0 Å². The lowest BCUT2D eigenvalue weighted by atomic mass is 9.95. The van der Waals surface area contributed by atoms with Gasteiger partial charge in [0.05, 0.1) is 4.75 Å². The summed E-state index contributed by atoms with van der Waals surface area (Å²) in [6.45, 7) is 6.86. The summed E-state index contributed by atoms with van der Waals surface area (Å²) in [5.74, 6) is 0. The first-order valence-electron chi connectivity index (χ1n) is 9.47. The summed E-state index contributed by atoms with van der Waals surface area (Å²) in [4.78, 5) is 14.2. The fourth-order valence-electron chi connectivity index (χ4n) is 3.04. The Bertz CT molecular complexity index is 939. The molecule has 5 nitrogen and oxygen atoms in total. The highest BCUT2D eigenvalue weighted by molar-refractivity contribution is 7.85. The smallest absolute Gasteiger partial charge is 0.410 e. The van der Waals surface area contributed by atoms with Crippen molar-refractivity contribution in [1.82, 2.24) is 4.90 Å². The van der Waals surface area contributed by atoms with E-state index in [1.807, 2.05) is 63.2 Å². The predicted molar refractivity (Wildman–Crippen MR) is 118 cm³/mol. The number of carbonyl (C=O) groups is 1. The normalized spacial score (nSPS) is 15.2. The zero-order valence-corrected chi connectivity index (χ0v) is 18.4. The molecule has 29 heavy (non-hydrogen) atoms. The Kier molecular flexibility index (Phi) is 6.75. The van der Waals surface area contributed by atoms with Crippen molar-refractivity contribution in [3.63, 3.8) is 0 Å². The van der Waals surface area contributed by atoms with Crippen LogP contribution >= 0.6 is 11.6 Å². The van der Waals surface area contributed by atoms with Crippen molar-refractivity contribution >= 4 is 34.9 Å². The van der Waals surface area contributed by atoms with Gasteiger partial charge in [0.1, 0.15) is 17.6 Å². The maximum Gasteiger partial charge on any atom is 0.410 e. The number of hydrogen-bond donors (Lipinski definition) is 0. The largest absolute Gasteiger partial charge is 0.445 e. The molecule has 0 N–H and O–H groups in total. The first kappa shape index (κ1) is 21.5. The zero-order valence-electron chi connectivity index (χ0n) is 16.9. The van der Waals surface area contributed by atoms with Crippen molar-refractivity contribution in [2.75, 3.05) is 6.54 Å². The van der Waals surface area contributed by atoms with E-state index in [4.69, 9.17) is 16.3 Å². The number of benzene rings is 2. The lowest BCUT2D eigenvalue weighted by molar-refractivity contribution is 0.0918. The van der Waals surface area contributed by atoms with E-state index in [9.17, 15) is 9.00 Å². The first-order valence-corrected chi connectivity index (χ1v) is 11.0. The minimum absolute atomic E-state index is 0.245. The van der Waals surface area contributed by atoms with Gasteiger partial charge in [0.15, 0.2) is 0 Å². The zero-order chi connectivity index (χ0) is 21.0. The minimum Gasteiger partial charge on any atom is -0.445 e. The van der Waals surface area contributed by atoms with Crippen LogP contribution in [-0.4, -0.2) is 32.7 Å². The van der Waals surface area contributed by atoms with Crippen molar-refractivity contribution in [2.45, 2.75) is 45.1 Å². The molecule has 1 unspecified atom stereocenters. The Labute approximate surface area is 179 Å². The van der Waals surface area contributed by atoms with Gasteiger partial charge in [0, 0.05) is 24.3 Å². The molecule has 3 rings (SSSR count). The van der Waals surface area contributed by atoms with Crippen LogP contribution in [-0.2, 0) is 35.3 Å². The van der Waals surface area contributed by atoms with Gasteiger partial charge in [-0.2, -0.15) is 4.40 Å². The molecule has 0 aromatic heterocycles.